The van der Waals surface area contributed by atoms with E-state index in [0.29, 0.717) is 6.04 Å². The van der Waals surface area contributed by atoms with Gasteiger partial charge < -0.3 is 14.5 Å². The highest BCUT2D eigenvalue weighted by molar-refractivity contribution is 5.65. The lowest BCUT2D eigenvalue weighted by molar-refractivity contribution is 0.0855. The Kier molecular flexibility index (Phi) is 6.69. The Balaban J connectivity index is 1.68. The molecule has 26 heavy (non-hydrogen) atoms. The van der Waals surface area contributed by atoms with Gasteiger partial charge in [-0.1, -0.05) is 25.5 Å². The molecule has 1 saturated heterocycles. The quantitative estimate of drug-likeness (QED) is 0.778. The molecule has 2 heterocycles. The minimum atomic E-state index is 0.574. The largest absolute Gasteiger partial charge is 0.381 e. The summed E-state index contributed by atoms with van der Waals surface area (Å²) in [5, 5.41) is 7.48. The number of nitrogens with one attached hydrogen (secondary N) is 1. The Morgan fingerprint density at radius 3 is 2.58 bits per heavy atom. The molecule has 0 radical (unpaired) electrons. The lowest BCUT2D eigenvalue weighted by Crippen LogP contribution is -2.36. The Morgan fingerprint density at radius 1 is 1.15 bits per heavy atom. The standard InChI is InChI=1S/C21H32N4O/c1-4-5-12-24(2)16-18-15-22-23-21(18)17-6-8-19(9-7-17)25(3)20-10-13-26-14-11-20/h6-9,15,20H,4-5,10-14,16H2,1-3H3,(H,22,23). The number of anilines is 1. The fourth-order valence-corrected chi connectivity index (χ4v) is 3.63. The van der Waals surface area contributed by atoms with Crippen LogP contribution in [0.5, 0.6) is 0 Å². The fourth-order valence-electron chi connectivity index (χ4n) is 3.63. The first kappa shape index (κ1) is 18.9. The number of benzene rings is 1. The third kappa shape index (κ3) is 4.65. The fraction of sp³-hybridized carbons (Fsp3) is 0.571. The summed E-state index contributed by atoms with van der Waals surface area (Å²) in [6.45, 7) is 6.02. The predicted molar refractivity (Wildman–Crippen MR) is 108 cm³/mol. The van der Waals surface area contributed by atoms with Crippen LogP contribution in [0, 0.1) is 0 Å². The van der Waals surface area contributed by atoms with Crippen molar-refractivity contribution in [3.8, 4) is 11.3 Å². The Bertz CT molecular complexity index is 661. The third-order valence-corrected chi connectivity index (χ3v) is 5.35. The van der Waals surface area contributed by atoms with Gasteiger partial charge in [-0.25, -0.2) is 0 Å². The van der Waals surface area contributed by atoms with Gasteiger partial charge in [0.05, 0.1) is 11.9 Å². The zero-order valence-electron chi connectivity index (χ0n) is 16.4. The first-order valence-electron chi connectivity index (χ1n) is 9.81. The van der Waals surface area contributed by atoms with Gasteiger partial charge in [-0.2, -0.15) is 5.10 Å². The molecule has 3 rings (SSSR count). The Labute approximate surface area is 157 Å². The van der Waals surface area contributed by atoms with E-state index in [9.17, 15) is 0 Å². The van der Waals surface area contributed by atoms with Gasteiger partial charge in [-0.3, -0.25) is 5.10 Å². The zero-order valence-corrected chi connectivity index (χ0v) is 16.4. The Hall–Kier alpha value is -1.85. The predicted octanol–water partition coefficient (Wildman–Crippen LogP) is 3.92. The lowest BCUT2D eigenvalue weighted by Gasteiger charge is -2.33. The van der Waals surface area contributed by atoms with E-state index in [1.165, 1.54) is 29.7 Å². The van der Waals surface area contributed by atoms with Gasteiger partial charge in [-0.15, -0.1) is 0 Å². The molecule has 5 nitrogen and oxygen atoms in total. The topological polar surface area (TPSA) is 44.4 Å². The summed E-state index contributed by atoms with van der Waals surface area (Å²) < 4.78 is 5.48. The van der Waals surface area contributed by atoms with E-state index in [0.717, 1.165) is 44.8 Å². The lowest BCUT2D eigenvalue weighted by atomic mass is 10.0. The van der Waals surface area contributed by atoms with Crippen molar-refractivity contribution in [1.29, 1.82) is 0 Å². The van der Waals surface area contributed by atoms with Crippen molar-refractivity contribution >= 4 is 5.69 Å². The molecule has 0 unspecified atom stereocenters. The summed E-state index contributed by atoms with van der Waals surface area (Å²) in [4.78, 5) is 4.75. The monoisotopic (exact) mass is 356 g/mol. The van der Waals surface area contributed by atoms with E-state index in [2.05, 4.69) is 65.3 Å². The molecule has 1 aromatic carbocycles. The molecular weight excluding hydrogens is 324 g/mol. The van der Waals surface area contributed by atoms with Crippen LogP contribution in [0.2, 0.25) is 0 Å². The number of ether oxygens (including phenoxy) is 1. The van der Waals surface area contributed by atoms with Crippen LogP contribution in [-0.4, -0.2) is 55.0 Å². The van der Waals surface area contributed by atoms with Crippen LogP contribution < -0.4 is 4.90 Å². The molecule has 0 aliphatic carbocycles. The number of unbranched alkanes of at least 4 members (excludes halogenated alkanes) is 1. The number of aromatic amines is 1. The second kappa shape index (κ2) is 9.19. The van der Waals surface area contributed by atoms with Crippen molar-refractivity contribution in [3.05, 3.63) is 36.0 Å². The van der Waals surface area contributed by atoms with Crippen molar-refractivity contribution in [1.82, 2.24) is 15.1 Å². The molecule has 1 aromatic heterocycles. The maximum Gasteiger partial charge on any atom is 0.0695 e. The molecule has 1 fully saturated rings. The van der Waals surface area contributed by atoms with Gasteiger partial charge in [0.1, 0.15) is 0 Å². The summed E-state index contributed by atoms with van der Waals surface area (Å²) in [5.74, 6) is 0. The minimum Gasteiger partial charge on any atom is -0.381 e. The summed E-state index contributed by atoms with van der Waals surface area (Å²) in [7, 11) is 4.37. The van der Waals surface area contributed by atoms with Crippen LogP contribution in [0.4, 0.5) is 5.69 Å². The van der Waals surface area contributed by atoms with E-state index in [-0.39, 0.29) is 0 Å². The van der Waals surface area contributed by atoms with Crippen molar-refractivity contribution in [2.75, 3.05) is 38.8 Å². The maximum atomic E-state index is 5.48. The maximum absolute atomic E-state index is 5.48. The second-order valence-electron chi connectivity index (χ2n) is 7.36. The van der Waals surface area contributed by atoms with Crippen molar-refractivity contribution in [2.24, 2.45) is 0 Å². The van der Waals surface area contributed by atoms with E-state index in [4.69, 9.17) is 4.74 Å². The summed E-state index contributed by atoms with van der Waals surface area (Å²) in [5.41, 5.74) is 4.86. The minimum absolute atomic E-state index is 0.574. The van der Waals surface area contributed by atoms with Crippen LogP contribution in [-0.2, 0) is 11.3 Å². The molecule has 142 valence electrons. The summed E-state index contributed by atoms with van der Waals surface area (Å²) >= 11 is 0. The molecule has 1 aliphatic heterocycles. The number of nitrogens with zero attached hydrogens (tertiary/aromatic N) is 3. The van der Waals surface area contributed by atoms with Gasteiger partial charge in [0, 0.05) is 49.7 Å². The second-order valence-corrected chi connectivity index (χ2v) is 7.36. The molecule has 0 amide bonds. The van der Waals surface area contributed by atoms with Gasteiger partial charge in [-0.05, 0) is 45.0 Å². The normalized spacial score (nSPS) is 15.5. The van der Waals surface area contributed by atoms with Crippen LogP contribution >= 0.6 is 0 Å². The van der Waals surface area contributed by atoms with Crippen molar-refractivity contribution in [2.45, 2.75) is 45.2 Å². The molecule has 0 bridgehead atoms. The molecule has 1 N–H and O–H groups in total. The number of H-pyrrole nitrogens is 1. The Morgan fingerprint density at radius 2 is 1.88 bits per heavy atom. The highest BCUT2D eigenvalue weighted by Crippen LogP contribution is 2.27. The smallest absolute Gasteiger partial charge is 0.0695 e. The molecule has 0 atom stereocenters. The summed E-state index contributed by atoms with van der Waals surface area (Å²) in [6.07, 6.45) is 6.63. The van der Waals surface area contributed by atoms with Crippen LogP contribution in [0.25, 0.3) is 11.3 Å². The third-order valence-electron chi connectivity index (χ3n) is 5.35. The van der Waals surface area contributed by atoms with Gasteiger partial charge in [0.25, 0.3) is 0 Å². The molecule has 2 aromatic rings. The van der Waals surface area contributed by atoms with Crippen molar-refractivity contribution in [3.63, 3.8) is 0 Å². The van der Waals surface area contributed by atoms with E-state index >= 15 is 0 Å². The number of hydrogen-bond donors (Lipinski definition) is 1. The summed E-state index contributed by atoms with van der Waals surface area (Å²) in [6, 6.07) is 9.42. The van der Waals surface area contributed by atoms with E-state index in [1.807, 2.05) is 6.20 Å². The SMILES string of the molecule is CCCCN(C)Cc1cn[nH]c1-c1ccc(N(C)C2CCOCC2)cc1. The first-order chi connectivity index (χ1) is 12.7. The highest BCUT2D eigenvalue weighted by Gasteiger charge is 2.19. The highest BCUT2D eigenvalue weighted by atomic mass is 16.5. The molecule has 0 saturated carbocycles. The number of aromatic nitrogens is 2. The van der Waals surface area contributed by atoms with Gasteiger partial charge in [0.2, 0.25) is 0 Å². The zero-order chi connectivity index (χ0) is 18.4. The first-order valence-corrected chi connectivity index (χ1v) is 9.81. The molecule has 0 spiro atoms. The number of rotatable bonds is 8. The molecule has 5 heteroatoms. The van der Waals surface area contributed by atoms with Crippen LogP contribution in [0.1, 0.15) is 38.2 Å². The van der Waals surface area contributed by atoms with Gasteiger partial charge >= 0.3 is 0 Å². The van der Waals surface area contributed by atoms with E-state index < -0.39 is 0 Å². The van der Waals surface area contributed by atoms with E-state index in [1.54, 1.807) is 0 Å². The average molecular weight is 357 g/mol. The average Bonchev–Trinajstić information content (AvgIpc) is 3.14. The molecule has 1 aliphatic rings. The van der Waals surface area contributed by atoms with Gasteiger partial charge in [0.15, 0.2) is 0 Å². The number of hydrogen-bond acceptors (Lipinski definition) is 4. The van der Waals surface area contributed by atoms with Crippen LogP contribution in [0.15, 0.2) is 30.5 Å². The van der Waals surface area contributed by atoms with Crippen LogP contribution in [0.3, 0.4) is 0 Å². The molecular formula is C21H32N4O. The van der Waals surface area contributed by atoms with Crippen molar-refractivity contribution < 1.29 is 4.74 Å².